The van der Waals surface area contributed by atoms with Crippen LogP contribution in [0.2, 0.25) is 0 Å². The third kappa shape index (κ3) is 3.16. The van der Waals surface area contributed by atoms with Gasteiger partial charge in [-0.05, 0) is 42.7 Å². The average Bonchev–Trinajstić information content (AvgIpc) is 2.13. The second-order valence-electron chi connectivity index (χ2n) is 5.49. The van der Waals surface area contributed by atoms with Crippen molar-refractivity contribution in [1.29, 1.82) is 0 Å². The molecule has 0 spiro atoms. The molecule has 3 heteroatoms. The van der Waals surface area contributed by atoms with Gasteiger partial charge in [-0.15, -0.1) is 0 Å². The van der Waals surface area contributed by atoms with E-state index in [1.165, 1.54) is 0 Å². The molecule has 0 aromatic rings. The molecule has 0 aliphatic heterocycles. The lowest BCUT2D eigenvalue weighted by atomic mass is 9.66. The van der Waals surface area contributed by atoms with Gasteiger partial charge < -0.3 is 10.2 Å². The summed E-state index contributed by atoms with van der Waals surface area (Å²) < 4.78 is 0. The van der Waals surface area contributed by atoms with Gasteiger partial charge in [-0.3, -0.25) is 4.79 Å². The fourth-order valence-electron chi connectivity index (χ4n) is 2.57. The highest BCUT2D eigenvalue weighted by atomic mass is 16.3. The van der Waals surface area contributed by atoms with E-state index in [0.717, 1.165) is 12.0 Å². The number of rotatable bonds is 4. The van der Waals surface area contributed by atoms with Crippen molar-refractivity contribution in [3.8, 4) is 0 Å². The van der Waals surface area contributed by atoms with Crippen LogP contribution in [0.15, 0.2) is 11.6 Å². The highest BCUT2D eigenvalue weighted by molar-refractivity contribution is 5.92. The second kappa shape index (κ2) is 5.11. The molecule has 0 bridgehead atoms. The van der Waals surface area contributed by atoms with Gasteiger partial charge in [0.05, 0.1) is 12.7 Å². The number of hydrogen-bond donors (Lipinski definition) is 2. The molecular weight excluding hydrogens is 204 g/mol. The Balaban J connectivity index is 2.83. The van der Waals surface area contributed by atoms with E-state index in [0.29, 0.717) is 12.8 Å². The standard InChI is InChI=1S/C13H22O3/c1-9(15)4-5-12-10(8-14)6-11(16)7-13(12,2)3/h6,9,12,14-15H,4-5,7-8H2,1-3H3/t9-,12-/m0/s1. The SMILES string of the molecule is C[C@H](O)CC[C@H]1C(CO)=CC(=O)CC1(C)C. The van der Waals surface area contributed by atoms with Crippen molar-refractivity contribution >= 4 is 5.78 Å². The molecule has 0 heterocycles. The van der Waals surface area contributed by atoms with E-state index in [-0.39, 0.29) is 29.8 Å². The molecule has 3 nitrogen and oxygen atoms in total. The van der Waals surface area contributed by atoms with E-state index >= 15 is 0 Å². The minimum Gasteiger partial charge on any atom is -0.393 e. The molecule has 1 aliphatic carbocycles. The lowest BCUT2D eigenvalue weighted by molar-refractivity contribution is -0.118. The number of ketones is 1. The van der Waals surface area contributed by atoms with Crippen molar-refractivity contribution in [2.75, 3.05) is 6.61 Å². The number of allylic oxidation sites excluding steroid dienone is 1. The van der Waals surface area contributed by atoms with Gasteiger partial charge in [-0.1, -0.05) is 13.8 Å². The minimum absolute atomic E-state index is 0.0559. The molecule has 0 saturated carbocycles. The fourth-order valence-corrected chi connectivity index (χ4v) is 2.57. The van der Waals surface area contributed by atoms with E-state index in [1.807, 2.05) is 0 Å². The molecule has 0 fully saturated rings. The summed E-state index contributed by atoms with van der Waals surface area (Å²) in [5.41, 5.74) is 0.709. The van der Waals surface area contributed by atoms with Gasteiger partial charge in [-0.25, -0.2) is 0 Å². The van der Waals surface area contributed by atoms with E-state index in [2.05, 4.69) is 13.8 Å². The molecule has 1 rings (SSSR count). The lowest BCUT2D eigenvalue weighted by Crippen LogP contribution is -2.34. The van der Waals surface area contributed by atoms with Gasteiger partial charge in [0, 0.05) is 6.42 Å². The summed E-state index contributed by atoms with van der Waals surface area (Å²) in [4.78, 5) is 11.5. The molecule has 0 unspecified atom stereocenters. The van der Waals surface area contributed by atoms with Crippen molar-refractivity contribution in [1.82, 2.24) is 0 Å². The van der Waals surface area contributed by atoms with Gasteiger partial charge in [0.1, 0.15) is 0 Å². The first kappa shape index (κ1) is 13.4. The van der Waals surface area contributed by atoms with Crippen LogP contribution in [0.5, 0.6) is 0 Å². The maximum Gasteiger partial charge on any atom is 0.156 e. The zero-order chi connectivity index (χ0) is 12.3. The predicted molar refractivity (Wildman–Crippen MR) is 63.0 cm³/mol. The highest BCUT2D eigenvalue weighted by Gasteiger charge is 2.36. The molecule has 0 aromatic heterocycles. The fraction of sp³-hybridized carbons (Fsp3) is 0.769. The van der Waals surface area contributed by atoms with Crippen molar-refractivity contribution in [3.05, 3.63) is 11.6 Å². The average molecular weight is 226 g/mol. The molecule has 1 aliphatic rings. The Morgan fingerprint density at radius 3 is 2.69 bits per heavy atom. The molecule has 2 atom stereocenters. The monoisotopic (exact) mass is 226 g/mol. The van der Waals surface area contributed by atoms with Crippen LogP contribution >= 0.6 is 0 Å². The Kier molecular flexibility index (Phi) is 4.28. The Hall–Kier alpha value is -0.670. The Morgan fingerprint density at radius 1 is 1.56 bits per heavy atom. The van der Waals surface area contributed by atoms with Crippen molar-refractivity contribution in [2.24, 2.45) is 11.3 Å². The summed E-state index contributed by atoms with van der Waals surface area (Å²) in [6.45, 7) is 5.82. The van der Waals surface area contributed by atoms with Crippen LogP contribution in [0.25, 0.3) is 0 Å². The summed E-state index contributed by atoms with van der Waals surface area (Å²) in [5, 5.41) is 18.6. The number of aliphatic hydroxyl groups is 2. The van der Waals surface area contributed by atoms with Crippen LogP contribution in [0, 0.1) is 11.3 Å². The van der Waals surface area contributed by atoms with Crippen molar-refractivity contribution < 1.29 is 15.0 Å². The van der Waals surface area contributed by atoms with Crippen molar-refractivity contribution in [3.63, 3.8) is 0 Å². The number of hydrogen-bond acceptors (Lipinski definition) is 3. The van der Waals surface area contributed by atoms with Crippen LogP contribution < -0.4 is 0 Å². The molecule has 0 radical (unpaired) electrons. The number of aliphatic hydroxyl groups excluding tert-OH is 2. The van der Waals surface area contributed by atoms with Gasteiger partial charge in [0.2, 0.25) is 0 Å². The summed E-state index contributed by atoms with van der Waals surface area (Å²) in [6.07, 6.45) is 3.32. The van der Waals surface area contributed by atoms with Gasteiger partial charge in [0.15, 0.2) is 5.78 Å². The quantitative estimate of drug-likeness (QED) is 0.767. The molecule has 2 N–H and O–H groups in total. The first-order chi connectivity index (χ1) is 7.36. The van der Waals surface area contributed by atoms with Crippen molar-refractivity contribution in [2.45, 2.75) is 46.1 Å². The van der Waals surface area contributed by atoms with E-state index in [4.69, 9.17) is 0 Å². The highest BCUT2D eigenvalue weighted by Crippen LogP contribution is 2.42. The molecule has 0 saturated heterocycles. The normalized spacial score (nSPS) is 26.4. The largest absolute Gasteiger partial charge is 0.393 e. The topological polar surface area (TPSA) is 57.5 Å². The van der Waals surface area contributed by atoms with Crippen LogP contribution in [-0.2, 0) is 4.79 Å². The number of carbonyl (C=O) groups excluding carboxylic acids is 1. The second-order valence-corrected chi connectivity index (χ2v) is 5.49. The third-order valence-corrected chi connectivity index (χ3v) is 3.42. The zero-order valence-electron chi connectivity index (χ0n) is 10.4. The summed E-state index contributed by atoms with van der Waals surface area (Å²) in [7, 11) is 0. The van der Waals surface area contributed by atoms with Crippen LogP contribution in [0.3, 0.4) is 0 Å². The summed E-state index contributed by atoms with van der Waals surface area (Å²) >= 11 is 0. The van der Waals surface area contributed by atoms with E-state index in [1.54, 1.807) is 13.0 Å². The summed E-state index contributed by atoms with van der Waals surface area (Å²) in [5.74, 6) is 0.298. The molecule has 0 aromatic carbocycles. The maximum absolute atomic E-state index is 11.5. The third-order valence-electron chi connectivity index (χ3n) is 3.42. The first-order valence-corrected chi connectivity index (χ1v) is 5.89. The molecule has 0 amide bonds. The van der Waals surface area contributed by atoms with Gasteiger partial charge >= 0.3 is 0 Å². The Morgan fingerprint density at radius 2 is 2.19 bits per heavy atom. The van der Waals surface area contributed by atoms with Gasteiger partial charge in [-0.2, -0.15) is 0 Å². The smallest absolute Gasteiger partial charge is 0.156 e. The molecule has 16 heavy (non-hydrogen) atoms. The molecular formula is C13H22O3. The Bertz CT molecular complexity index is 290. The summed E-state index contributed by atoms with van der Waals surface area (Å²) in [6, 6.07) is 0. The van der Waals surface area contributed by atoms with E-state index in [9.17, 15) is 15.0 Å². The zero-order valence-corrected chi connectivity index (χ0v) is 10.4. The van der Waals surface area contributed by atoms with Crippen LogP contribution in [0.4, 0.5) is 0 Å². The number of carbonyl (C=O) groups is 1. The van der Waals surface area contributed by atoms with Crippen LogP contribution in [-0.4, -0.2) is 28.7 Å². The predicted octanol–water partition coefficient (Wildman–Crippen LogP) is 1.68. The first-order valence-electron chi connectivity index (χ1n) is 5.89. The minimum atomic E-state index is -0.326. The Labute approximate surface area is 97.2 Å². The van der Waals surface area contributed by atoms with Crippen LogP contribution in [0.1, 0.15) is 40.0 Å². The lowest BCUT2D eigenvalue weighted by Gasteiger charge is -2.38. The van der Waals surface area contributed by atoms with E-state index < -0.39 is 0 Å². The maximum atomic E-state index is 11.5. The molecule has 92 valence electrons. The van der Waals surface area contributed by atoms with Gasteiger partial charge in [0.25, 0.3) is 0 Å².